The molecule has 1 aliphatic carbocycles. The highest BCUT2D eigenvalue weighted by Gasteiger charge is 2.22. The summed E-state index contributed by atoms with van der Waals surface area (Å²) < 4.78 is 0. The third-order valence-corrected chi connectivity index (χ3v) is 2.99. The smallest absolute Gasteiger partial charge is 0.303 e. The van der Waals surface area contributed by atoms with Crippen LogP contribution in [-0.2, 0) is 11.2 Å². The summed E-state index contributed by atoms with van der Waals surface area (Å²) in [6.45, 7) is 0. The number of hydrogen-bond acceptors (Lipinski definition) is 2. The minimum Gasteiger partial charge on any atom is -0.508 e. The fraction of sp³-hybridized carbons (Fsp3) is 0.417. The first-order chi connectivity index (χ1) is 7.16. The maximum Gasteiger partial charge on any atom is 0.303 e. The maximum atomic E-state index is 10.7. The minimum absolute atomic E-state index is 0.117. The first-order valence-corrected chi connectivity index (χ1v) is 5.20. The van der Waals surface area contributed by atoms with Crippen LogP contribution < -0.4 is 0 Å². The number of carbonyl (C=O) groups is 1. The summed E-state index contributed by atoms with van der Waals surface area (Å²) in [5.74, 6) is -0.363. The van der Waals surface area contributed by atoms with Gasteiger partial charge in [0.05, 0.1) is 6.42 Å². The molecule has 0 unspecified atom stereocenters. The number of carboxylic acids is 1. The SMILES string of the molecule is O=C(O)C[C@@H]1CCCc2cc(O)ccc21. The van der Waals surface area contributed by atoms with Crippen molar-refractivity contribution in [1.82, 2.24) is 0 Å². The minimum atomic E-state index is -0.749. The molecular weight excluding hydrogens is 192 g/mol. The predicted octanol–water partition coefficient (Wildman–Crippen LogP) is 2.29. The summed E-state index contributed by atoms with van der Waals surface area (Å²) >= 11 is 0. The van der Waals surface area contributed by atoms with E-state index < -0.39 is 5.97 Å². The van der Waals surface area contributed by atoms with Gasteiger partial charge >= 0.3 is 5.97 Å². The number of aryl methyl sites for hydroxylation is 1. The Labute approximate surface area is 88.4 Å². The summed E-state index contributed by atoms with van der Waals surface area (Å²) in [5.41, 5.74) is 2.20. The lowest BCUT2D eigenvalue weighted by atomic mass is 9.81. The van der Waals surface area contributed by atoms with Crippen LogP contribution in [0.5, 0.6) is 5.75 Å². The zero-order chi connectivity index (χ0) is 10.8. The van der Waals surface area contributed by atoms with E-state index in [1.54, 1.807) is 12.1 Å². The van der Waals surface area contributed by atoms with Crippen molar-refractivity contribution >= 4 is 5.97 Å². The summed E-state index contributed by atoms with van der Waals surface area (Å²) in [7, 11) is 0. The highest BCUT2D eigenvalue weighted by Crippen LogP contribution is 2.35. The zero-order valence-electron chi connectivity index (χ0n) is 8.44. The average molecular weight is 206 g/mol. The molecule has 1 atom stereocenters. The molecule has 0 amide bonds. The standard InChI is InChI=1S/C12H14O3/c13-10-4-5-11-8(6-10)2-1-3-9(11)7-12(14)15/h4-6,9,13H,1-3,7H2,(H,14,15)/t9-/m0/s1. The number of aromatic hydroxyl groups is 1. The van der Waals surface area contributed by atoms with Crippen molar-refractivity contribution in [2.75, 3.05) is 0 Å². The maximum absolute atomic E-state index is 10.7. The number of rotatable bonds is 2. The number of carboxylic acid groups (broad SMARTS) is 1. The number of fused-ring (bicyclic) bond motifs is 1. The lowest BCUT2D eigenvalue weighted by Gasteiger charge is -2.24. The van der Waals surface area contributed by atoms with Crippen LogP contribution in [0, 0.1) is 0 Å². The number of benzene rings is 1. The van der Waals surface area contributed by atoms with Crippen molar-refractivity contribution in [3.8, 4) is 5.75 Å². The molecule has 2 rings (SSSR count). The molecule has 1 aromatic carbocycles. The van der Waals surface area contributed by atoms with Gasteiger partial charge in [-0.05, 0) is 48.4 Å². The Bertz CT molecular complexity index is 384. The molecule has 1 aliphatic rings. The molecule has 1 aromatic rings. The van der Waals surface area contributed by atoms with Gasteiger partial charge in [-0.15, -0.1) is 0 Å². The van der Waals surface area contributed by atoms with E-state index in [1.165, 1.54) is 0 Å². The van der Waals surface area contributed by atoms with Gasteiger partial charge in [-0.3, -0.25) is 4.79 Å². The number of phenolic OH excluding ortho intramolecular Hbond substituents is 1. The van der Waals surface area contributed by atoms with Gasteiger partial charge in [0, 0.05) is 0 Å². The van der Waals surface area contributed by atoms with Gasteiger partial charge in [0.2, 0.25) is 0 Å². The van der Waals surface area contributed by atoms with Crippen molar-refractivity contribution < 1.29 is 15.0 Å². The van der Waals surface area contributed by atoms with Crippen molar-refractivity contribution in [2.24, 2.45) is 0 Å². The van der Waals surface area contributed by atoms with E-state index >= 15 is 0 Å². The van der Waals surface area contributed by atoms with Crippen LogP contribution in [0.25, 0.3) is 0 Å². The van der Waals surface area contributed by atoms with Crippen molar-refractivity contribution in [2.45, 2.75) is 31.6 Å². The second kappa shape index (κ2) is 3.93. The lowest BCUT2D eigenvalue weighted by molar-refractivity contribution is -0.137. The van der Waals surface area contributed by atoms with E-state index in [9.17, 15) is 9.90 Å². The normalized spacial score (nSPS) is 19.6. The molecule has 0 fully saturated rings. The Balaban J connectivity index is 2.30. The number of aliphatic carboxylic acids is 1. The summed E-state index contributed by atoms with van der Waals surface area (Å²) in [6, 6.07) is 5.25. The van der Waals surface area contributed by atoms with E-state index in [-0.39, 0.29) is 18.1 Å². The lowest BCUT2D eigenvalue weighted by Crippen LogP contribution is -2.13. The third-order valence-electron chi connectivity index (χ3n) is 2.99. The number of phenols is 1. The molecule has 0 heterocycles. The average Bonchev–Trinajstić information content (AvgIpc) is 2.16. The molecule has 0 aliphatic heterocycles. The van der Waals surface area contributed by atoms with Gasteiger partial charge in [-0.1, -0.05) is 6.07 Å². The topological polar surface area (TPSA) is 57.5 Å². The van der Waals surface area contributed by atoms with Gasteiger partial charge in [-0.25, -0.2) is 0 Å². The predicted molar refractivity (Wildman–Crippen MR) is 56.0 cm³/mol. The fourth-order valence-corrected chi connectivity index (χ4v) is 2.32. The molecular formula is C12H14O3. The molecule has 0 saturated heterocycles. The Morgan fingerprint density at radius 3 is 3.00 bits per heavy atom. The first-order valence-electron chi connectivity index (χ1n) is 5.20. The van der Waals surface area contributed by atoms with Crippen molar-refractivity contribution in [3.05, 3.63) is 29.3 Å². The van der Waals surface area contributed by atoms with Crippen LogP contribution in [0.3, 0.4) is 0 Å². The highest BCUT2D eigenvalue weighted by atomic mass is 16.4. The van der Waals surface area contributed by atoms with Crippen LogP contribution in [0.2, 0.25) is 0 Å². The molecule has 15 heavy (non-hydrogen) atoms. The summed E-state index contributed by atoms with van der Waals surface area (Å²) in [6.07, 6.45) is 3.08. The van der Waals surface area contributed by atoms with Gasteiger partial charge in [-0.2, -0.15) is 0 Å². The quantitative estimate of drug-likeness (QED) is 0.780. The Hall–Kier alpha value is -1.51. The number of hydrogen-bond donors (Lipinski definition) is 2. The second-order valence-corrected chi connectivity index (χ2v) is 4.07. The van der Waals surface area contributed by atoms with Gasteiger partial charge < -0.3 is 10.2 Å². The molecule has 0 bridgehead atoms. The van der Waals surface area contributed by atoms with Crippen LogP contribution >= 0.6 is 0 Å². The van der Waals surface area contributed by atoms with E-state index in [4.69, 9.17) is 5.11 Å². The molecule has 0 aromatic heterocycles. The van der Waals surface area contributed by atoms with Crippen molar-refractivity contribution in [3.63, 3.8) is 0 Å². The van der Waals surface area contributed by atoms with E-state index in [0.29, 0.717) is 0 Å². The van der Waals surface area contributed by atoms with E-state index in [2.05, 4.69) is 0 Å². The Morgan fingerprint density at radius 1 is 1.47 bits per heavy atom. The molecule has 80 valence electrons. The monoisotopic (exact) mass is 206 g/mol. The zero-order valence-corrected chi connectivity index (χ0v) is 8.44. The van der Waals surface area contributed by atoms with E-state index in [1.807, 2.05) is 6.07 Å². The molecule has 0 spiro atoms. The van der Waals surface area contributed by atoms with Crippen molar-refractivity contribution in [1.29, 1.82) is 0 Å². The Morgan fingerprint density at radius 2 is 2.27 bits per heavy atom. The van der Waals surface area contributed by atoms with Gasteiger partial charge in [0.1, 0.15) is 5.75 Å². The first kappa shape index (κ1) is 10.0. The third kappa shape index (κ3) is 2.12. The van der Waals surface area contributed by atoms with E-state index in [0.717, 1.165) is 30.4 Å². The molecule has 2 N–H and O–H groups in total. The van der Waals surface area contributed by atoms with Gasteiger partial charge in [0.15, 0.2) is 0 Å². The van der Waals surface area contributed by atoms with Crippen LogP contribution in [0.4, 0.5) is 0 Å². The molecule has 3 heteroatoms. The fourth-order valence-electron chi connectivity index (χ4n) is 2.32. The second-order valence-electron chi connectivity index (χ2n) is 4.07. The Kier molecular flexibility index (Phi) is 2.62. The van der Waals surface area contributed by atoms with Gasteiger partial charge in [0.25, 0.3) is 0 Å². The largest absolute Gasteiger partial charge is 0.508 e. The molecule has 3 nitrogen and oxygen atoms in total. The summed E-state index contributed by atoms with van der Waals surface area (Å²) in [4.78, 5) is 10.7. The van der Waals surface area contributed by atoms with Crippen LogP contribution in [-0.4, -0.2) is 16.2 Å². The highest BCUT2D eigenvalue weighted by molar-refractivity contribution is 5.68. The molecule has 0 saturated carbocycles. The summed E-state index contributed by atoms with van der Waals surface area (Å²) in [5, 5.41) is 18.1. The molecule has 0 radical (unpaired) electrons. The van der Waals surface area contributed by atoms with Crippen LogP contribution in [0.15, 0.2) is 18.2 Å². The van der Waals surface area contributed by atoms with Crippen LogP contribution in [0.1, 0.15) is 36.3 Å².